The molecule has 0 aliphatic rings. The summed E-state index contributed by atoms with van der Waals surface area (Å²) < 4.78 is 0. The highest BCUT2D eigenvalue weighted by Gasteiger charge is 2.34. The number of aliphatic hydroxyl groups is 1. The minimum Gasteiger partial charge on any atom is -0.481 e. The number of rotatable bonds is 39. The van der Waals surface area contributed by atoms with Crippen LogP contribution in [0.5, 0.6) is 0 Å². The molecule has 8 atom stereocenters. The number of benzene rings is 1. The van der Waals surface area contributed by atoms with Crippen LogP contribution in [0.15, 0.2) is 45.3 Å². The number of carboxylic acid groups (broad SMARTS) is 2. The van der Waals surface area contributed by atoms with Gasteiger partial charge in [-0.3, -0.25) is 62.9 Å². The standard InChI is InChI=1S/C49H83N19O14/c1-25(2)19-32(65-39(74)28(50)21-37(72)73)43(78)64-30(14-9-17-58-48(53)54)42(77)66-33(20-27-11-6-5-7-12-27)44(79)68-38(26(3)4)45(80)61-23-35(70)62-29(13-8-16-57-47(51)52)41(76)67-34(24-69)40(75)60-22-36(71)63-31(46(81)82)15-10-18-59-49(55)56/h5-7,11-12,25-26,28-34,38,69H,8-10,13-24,50H2,1-4H3,(H,60,75)(H,61,80)(H,62,70)(H,63,71)(H,64,78)(H,65,74)(H,66,77)(H,67,76)(H,68,79)(H,72,73)(H,81,82)(H4,51,52,57)(H4,53,54,58)(H4,55,56,59)/t28-,29-,30-,31-,32-,33-,34-,38-/m0/s1. The van der Waals surface area contributed by atoms with E-state index in [0.717, 1.165) is 0 Å². The predicted molar refractivity (Wildman–Crippen MR) is 299 cm³/mol. The summed E-state index contributed by atoms with van der Waals surface area (Å²) >= 11 is 0. The Morgan fingerprint density at radius 1 is 0.500 bits per heavy atom. The summed E-state index contributed by atoms with van der Waals surface area (Å²) in [4.78, 5) is 156. The normalized spacial score (nSPS) is 13.8. The zero-order chi connectivity index (χ0) is 62.1. The van der Waals surface area contributed by atoms with Crippen molar-refractivity contribution in [2.24, 2.45) is 66.9 Å². The molecule has 82 heavy (non-hydrogen) atoms. The average Bonchev–Trinajstić information content (AvgIpc) is 3.39. The molecular formula is C49H83N19O14. The van der Waals surface area contributed by atoms with Crippen molar-refractivity contribution in [2.45, 2.75) is 134 Å². The van der Waals surface area contributed by atoms with E-state index >= 15 is 0 Å². The lowest BCUT2D eigenvalue weighted by atomic mass is 10.00. The Kier molecular flexibility index (Phi) is 32.9. The number of nitrogens with two attached hydrogens (primary N) is 7. The van der Waals surface area contributed by atoms with Crippen LogP contribution >= 0.6 is 0 Å². The highest BCUT2D eigenvalue weighted by Crippen LogP contribution is 2.11. The van der Waals surface area contributed by atoms with E-state index in [1.54, 1.807) is 58.0 Å². The molecule has 0 heterocycles. The molecule has 0 fully saturated rings. The van der Waals surface area contributed by atoms with Crippen molar-refractivity contribution >= 4 is 83.0 Å². The number of nitrogens with one attached hydrogen (secondary N) is 9. The van der Waals surface area contributed by atoms with Crippen molar-refractivity contribution in [3.8, 4) is 0 Å². The number of hydrogen-bond acceptors (Lipinski definition) is 16. The van der Waals surface area contributed by atoms with Gasteiger partial charge in [0.25, 0.3) is 0 Å². The fourth-order valence-electron chi connectivity index (χ4n) is 7.49. The zero-order valence-corrected chi connectivity index (χ0v) is 46.5. The first kappa shape index (κ1) is 71.1. The fraction of sp³-hybridized carbons (Fsp3) is 0.592. The third kappa shape index (κ3) is 29.9. The van der Waals surface area contributed by atoms with Crippen LogP contribution in [-0.2, 0) is 59.2 Å². The van der Waals surface area contributed by atoms with Crippen LogP contribution in [0, 0.1) is 11.8 Å². The molecule has 0 saturated carbocycles. The molecule has 0 unspecified atom stereocenters. The van der Waals surface area contributed by atoms with E-state index < -0.39 is 145 Å². The minimum atomic E-state index is -1.68. The molecule has 26 N–H and O–H groups in total. The summed E-state index contributed by atoms with van der Waals surface area (Å²) in [5.41, 5.74) is 38.7. The maximum Gasteiger partial charge on any atom is 0.326 e. The quantitative estimate of drug-likeness (QED) is 0.0165. The maximum atomic E-state index is 14.3. The van der Waals surface area contributed by atoms with Gasteiger partial charge in [0.2, 0.25) is 53.2 Å². The Morgan fingerprint density at radius 2 is 0.915 bits per heavy atom. The van der Waals surface area contributed by atoms with Crippen molar-refractivity contribution in [1.82, 2.24) is 47.9 Å². The summed E-state index contributed by atoms with van der Waals surface area (Å²) in [6.07, 6.45) is -0.686. The lowest BCUT2D eigenvalue weighted by Gasteiger charge is -2.28. The van der Waals surface area contributed by atoms with Gasteiger partial charge < -0.3 is 103 Å². The molecule has 1 aromatic carbocycles. The number of aliphatic hydroxyl groups excluding tert-OH is 1. The largest absolute Gasteiger partial charge is 0.481 e. The predicted octanol–water partition coefficient (Wildman–Crippen LogP) is -7.40. The van der Waals surface area contributed by atoms with Gasteiger partial charge >= 0.3 is 11.9 Å². The second kappa shape index (κ2) is 37.9. The van der Waals surface area contributed by atoms with Gasteiger partial charge in [-0.15, -0.1) is 0 Å². The number of guanidine groups is 3. The number of hydrogen-bond donors (Lipinski definition) is 19. The molecule has 1 rings (SSSR count). The molecule has 0 aromatic heterocycles. The van der Waals surface area contributed by atoms with Crippen LogP contribution in [0.4, 0.5) is 0 Å². The van der Waals surface area contributed by atoms with E-state index in [-0.39, 0.29) is 94.8 Å². The van der Waals surface area contributed by atoms with Crippen LogP contribution in [0.2, 0.25) is 0 Å². The molecule has 1 aromatic rings. The van der Waals surface area contributed by atoms with E-state index in [1.165, 1.54) is 0 Å². The first-order valence-corrected chi connectivity index (χ1v) is 26.2. The van der Waals surface area contributed by atoms with Gasteiger partial charge in [0, 0.05) is 26.1 Å². The highest BCUT2D eigenvalue weighted by molar-refractivity contribution is 5.98. The fourth-order valence-corrected chi connectivity index (χ4v) is 7.49. The topological polar surface area (TPSA) is 576 Å². The Hall–Kier alpha value is -8.88. The second-order valence-corrected chi connectivity index (χ2v) is 19.5. The molecule has 0 saturated heterocycles. The van der Waals surface area contributed by atoms with Gasteiger partial charge in [-0.05, 0) is 62.3 Å². The number of carboxylic acids is 2. The van der Waals surface area contributed by atoms with Gasteiger partial charge in [0.1, 0.15) is 42.3 Å². The second-order valence-electron chi connectivity index (χ2n) is 19.5. The van der Waals surface area contributed by atoms with E-state index in [2.05, 4.69) is 62.8 Å². The Labute approximate surface area is 473 Å². The van der Waals surface area contributed by atoms with Crippen molar-refractivity contribution in [3.05, 3.63) is 35.9 Å². The van der Waals surface area contributed by atoms with Crippen molar-refractivity contribution in [3.63, 3.8) is 0 Å². The molecule has 0 bridgehead atoms. The zero-order valence-electron chi connectivity index (χ0n) is 46.5. The summed E-state index contributed by atoms with van der Waals surface area (Å²) in [5, 5.41) is 50.6. The Morgan fingerprint density at radius 3 is 1.37 bits per heavy atom. The van der Waals surface area contributed by atoms with Crippen LogP contribution in [-0.4, -0.2) is 186 Å². The number of carbonyl (C=O) groups is 11. The van der Waals surface area contributed by atoms with Crippen LogP contribution < -0.4 is 88.0 Å². The lowest BCUT2D eigenvalue weighted by molar-refractivity contribution is -0.142. The van der Waals surface area contributed by atoms with E-state index in [1.807, 2.05) is 0 Å². The molecule has 0 radical (unpaired) electrons. The summed E-state index contributed by atoms with van der Waals surface area (Å²) in [6.45, 7) is 4.28. The number of amides is 9. The molecule has 0 aliphatic carbocycles. The van der Waals surface area contributed by atoms with Gasteiger partial charge in [0.05, 0.1) is 32.2 Å². The van der Waals surface area contributed by atoms with Crippen LogP contribution in [0.1, 0.15) is 84.6 Å². The number of nitrogens with zero attached hydrogens (tertiary/aromatic N) is 3. The van der Waals surface area contributed by atoms with Gasteiger partial charge in [-0.2, -0.15) is 0 Å². The maximum absolute atomic E-state index is 14.3. The monoisotopic (exact) mass is 1160 g/mol. The van der Waals surface area contributed by atoms with E-state index in [4.69, 9.17) is 45.2 Å². The molecule has 9 amide bonds. The lowest BCUT2D eigenvalue weighted by Crippen LogP contribution is -2.60. The van der Waals surface area contributed by atoms with Crippen molar-refractivity contribution in [2.75, 3.05) is 39.3 Å². The SMILES string of the molecule is CC(C)C[C@H](NC(=O)[C@@H](N)CC(=O)O)C(=O)N[C@@H](CCCN=C(N)N)C(=O)N[C@@H](Cc1ccccc1)C(=O)N[C@H](C(=O)NCC(=O)N[C@@H](CCCN=C(N)N)C(=O)N[C@@H](CO)C(=O)NCC(=O)N[C@@H](CCCN=C(N)N)C(=O)O)C(C)C. The van der Waals surface area contributed by atoms with Crippen LogP contribution in [0.3, 0.4) is 0 Å². The van der Waals surface area contributed by atoms with E-state index in [9.17, 15) is 63.0 Å². The van der Waals surface area contributed by atoms with Crippen molar-refractivity contribution < 1.29 is 68.1 Å². The molecular weight excluding hydrogens is 1080 g/mol. The molecule has 0 spiro atoms. The smallest absolute Gasteiger partial charge is 0.326 e. The molecule has 0 aliphatic heterocycles. The third-order valence-corrected chi connectivity index (χ3v) is 11.6. The molecule has 33 heteroatoms. The third-order valence-electron chi connectivity index (χ3n) is 11.6. The number of aliphatic imine (C=N–C) groups is 3. The summed E-state index contributed by atoms with van der Waals surface area (Å²) in [7, 11) is 0. The number of aliphatic carboxylic acids is 2. The minimum absolute atomic E-state index is 0.00878. The molecule has 458 valence electrons. The Balaban J connectivity index is 3.33. The number of carbonyl (C=O) groups excluding carboxylic acids is 9. The first-order valence-electron chi connectivity index (χ1n) is 26.2. The van der Waals surface area contributed by atoms with Gasteiger partial charge in [-0.1, -0.05) is 58.0 Å². The highest BCUT2D eigenvalue weighted by atomic mass is 16.4. The molecule has 33 nitrogen and oxygen atoms in total. The van der Waals surface area contributed by atoms with Crippen molar-refractivity contribution in [1.29, 1.82) is 0 Å². The van der Waals surface area contributed by atoms with Gasteiger partial charge in [0.15, 0.2) is 17.9 Å². The summed E-state index contributed by atoms with van der Waals surface area (Å²) in [6, 6.07) is -2.94. The average molecular weight is 1160 g/mol. The Bertz CT molecular complexity index is 2400. The summed E-state index contributed by atoms with van der Waals surface area (Å²) in [5.74, 6) is -12.5. The van der Waals surface area contributed by atoms with Crippen LogP contribution in [0.25, 0.3) is 0 Å². The first-order chi connectivity index (χ1) is 38.5. The van der Waals surface area contributed by atoms with E-state index in [0.29, 0.717) is 5.56 Å². The van der Waals surface area contributed by atoms with Gasteiger partial charge in [-0.25, -0.2) is 4.79 Å².